The second kappa shape index (κ2) is 7.57. The number of hydrogen-bond acceptors (Lipinski definition) is 2. The van der Waals surface area contributed by atoms with Gasteiger partial charge in [-0.05, 0) is 37.8 Å². The Balaban J connectivity index is 2.60. The number of aryl methyl sites for hydroxylation is 2. The highest BCUT2D eigenvalue weighted by Crippen LogP contribution is 2.15. The van der Waals surface area contributed by atoms with Crippen molar-refractivity contribution in [1.29, 1.82) is 0 Å². The summed E-state index contributed by atoms with van der Waals surface area (Å²) >= 11 is 0. The van der Waals surface area contributed by atoms with Gasteiger partial charge < -0.3 is 5.32 Å². The summed E-state index contributed by atoms with van der Waals surface area (Å²) in [4.78, 5) is 0. The van der Waals surface area contributed by atoms with E-state index in [-0.39, 0.29) is 0 Å². The smallest absolute Gasteiger partial charge is 0.0624 e. The zero-order chi connectivity index (χ0) is 13.5. The van der Waals surface area contributed by atoms with E-state index in [9.17, 15) is 0 Å². The van der Waals surface area contributed by atoms with Gasteiger partial charge in [0.25, 0.3) is 0 Å². The van der Waals surface area contributed by atoms with Crippen LogP contribution in [0.1, 0.15) is 51.9 Å². The lowest BCUT2D eigenvalue weighted by atomic mass is 9.97. The topological polar surface area (TPSA) is 29.9 Å². The maximum Gasteiger partial charge on any atom is 0.0624 e. The molecule has 1 aromatic rings. The van der Waals surface area contributed by atoms with E-state index in [4.69, 9.17) is 0 Å². The molecule has 3 heteroatoms. The Hall–Kier alpha value is -0.830. The largest absolute Gasteiger partial charge is 0.314 e. The molecule has 1 aromatic heterocycles. The number of nitrogens with one attached hydrogen (secondary N) is 1. The van der Waals surface area contributed by atoms with Crippen LogP contribution < -0.4 is 5.32 Å². The normalized spacial score (nSPS) is 13.2. The van der Waals surface area contributed by atoms with Gasteiger partial charge in [0.05, 0.1) is 5.69 Å². The molecule has 0 spiro atoms. The summed E-state index contributed by atoms with van der Waals surface area (Å²) in [5.74, 6) is 0.720. The molecule has 0 aliphatic rings. The van der Waals surface area contributed by atoms with Crippen molar-refractivity contribution in [3.05, 3.63) is 17.5 Å². The van der Waals surface area contributed by atoms with E-state index < -0.39 is 0 Å². The van der Waals surface area contributed by atoms with E-state index in [1.54, 1.807) is 0 Å². The number of nitrogens with zero attached hydrogens (tertiary/aromatic N) is 2. The van der Waals surface area contributed by atoms with E-state index in [1.165, 1.54) is 24.2 Å². The molecule has 0 radical (unpaired) electrons. The molecular formula is C15H29N3. The molecule has 1 atom stereocenters. The highest BCUT2D eigenvalue weighted by atomic mass is 15.3. The van der Waals surface area contributed by atoms with Gasteiger partial charge in [-0.3, -0.25) is 4.68 Å². The Morgan fingerprint density at radius 3 is 2.56 bits per heavy atom. The molecule has 1 N–H and O–H groups in total. The van der Waals surface area contributed by atoms with Crippen molar-refractivity contribution in [2.75, 3.05) is 6.54 Å². The molecular weight excluding hydrogens is 222 g/mol. The Bertz CT molecular complexity index is 342. The summed E-state index contributed by atoms with van der Waals surface area (Å²) in [7, 11) is 2.06. The minimum absolute atomic E-state index is 0.571. The van der Waals surface area contributed by atoms with Crippen LogP contribution in [0.3, 0.4) is 0 Å². The third-order valence-corrected chi connectivity index (χ3v) is 3.40. The molecule has 0 amide bonds. The third-order valence-electron chi connectivity index (χ3n) is 3.40. The fourth-order valence-corrected chi connectivity index (χ4v) is 2.32. The highest BCUT2D eigenvalue weighted by Gasteiger charge is 2.13. The third kappa shape index (κ3) is 4.81. The van der Waals surface area contributed by atoms with Gasteiger partial charge in [-0.2, -0.15) is 5.10 Å². The van der Waals surface area contributed by atoms with E-state index in [1.807, 2.05) is 0 Å². The van der Waals surface area contributed by atoms with Crippen LogP contribution in [0, 0.1) is 5.92 Å². The first kappa shape index (κ1) is 15.2. The first-order valence-electron chi connectivity index (χ1n) is 7.31. The fraction of sp³-hybridized carbons (Fsp3) is 0.800. The molecule has 1 rings (SSSR count). The van der Waals surface area contributed by atoms with Crippen molar-refractivity contribution in [3.8, 4) is 0 Å². The monoisotopic (exact) mass is 251 g/mol. The molecule has 1 heterocycles. The van der Waals surface area contributed by atoms with Crippen molar-refractivity contribution >= 4 is 0 Å². The van der Waals surface area contributed by atoms with Gasteiger partial charge in [-0.1, -0.05) is 34.1 Å². The molecule has 0 saturated carbocycles. The van der Waals surface area contributed by atoms with Gasteiger partial charge in [0.1, 0.15) is 0 Å². The molecule has 0 aromatic carbocycles. The Morgan fingerprint density at radius 2 is 2.06 bits per heavy atom. The van der Waals surface area contributed by atoms with Crippen molar-refractivity contribution < 1.29 is 0 Å². The maximum absolute atomic E-state index is 4.53. The lowest BCUT2D eigenvalue weighted by Crippen LogP contribution is -2.30. The van der Waals surface area contributed by atoms with Gasteiger partial charge in [0, 0.05) is 18.8 Å². The first-order valence-corrected chi connectivity index (χ1v) is 7.31. The summed E-state index contributed by atoms with van der Waals surface area (Å²) < 4.78 is 2.05. The second-order valence-electron chi connectivity index (χ2n) is 5.53. The van der Waals surface area contributed by atoms with Crippen LogP contribution in [0.25, 0.3) is 0 Å². The lowest BCUT2D eigenvalue weighted by Gasteiger charge is -2.18. The zero-order valence-electron chi connectivity index (χ0n) is 12.7. The van der Waals surface area contributed by atoms with Crippen molar-refractivity contribution in [2.45, 2.75) is 59.4 Å². The SMILES string of the molecule is CCCC(CNC(C)C)Cc1cc(CC)nn1C. The summed E-state index contributed by atoms with van der Waals surface area (Å²) in [6.07, 6.45) is 4.70. The van der Waals surface area contributed by atoms with Crippen molar-refractivity contribution in [3.63, 3.8) is 0 Å². The number of aromatic nitrogens is 2. The Morgan fingerprint density at radius 1 is 1.33 bits per heavy atom. The molecule has 104 valence electrons. The Labute approximate surface area is 112 Å². The van der Waals surface area contributed by atoms with Gasteiger partial charge in [0.2, 0.25) is 0 Å². The lowest BCUT2D eigenvalue weighted by molar-refractivity contribution is 0.410. The van der Waals surface area contributed by atoms with Gasteiger partial charge >= 0.3 is 0 Å². The van der Waals surface area contributed by atoms with Gasteiger partial charge in [-0.15, -0.1) is 0 Å². The summed E-state index contributed by atoms with van der Waals surface area (Å²) in [5, 5.41) is 8.10. The molecule has 0 bridgehead atoms. The average Bonchev–Trinajstić information content (AvgIpc) is 2.67. The van der Waals surface area contributed by atoms with E-state index in [0.29, 0.717) is 6.04 Å². The summed E-state index contributed by atoms with van der Waals surface area (Å²) in [6, 6.07) is 2.83. The number of rotatable bonds is 8. The Kier molecular flexibility index (Phi) is 6.41. The van der Waals surface area contributed by atoms with Crippen LogP contribution in [-0.4, -0.2) is 22.4 Å². The van der Waals surface area contributed by atoms with Crippen LogP contribution >= 0.6 is 0 Å². The van der Waals surface area contributed by atoms with Gasteiger partial charge in [-0.25, -0.2) is 0 Å². The van der Waals surface area contributed by atoms with Gasteiger partial charge in [0.15, 0.2) is 0 Å². The quantitative estimate of drug-likeness (QED) is 0.770. The van der Waals surface area contributed by atoms with Crippen molar-refractivity contribution in [2.24, 2.45) is 13.0 Å². The molecule has 1 unspecified atom stereocenters. The molecule has 0 aliphatic heterocycles. The summed E-state index contributed by atoms with van der Waals surface area (Å²) in [6.45, 7) is 9.96. The maximum atomic E-state index is 4.53. The van der Waals surface area contributed by atoms with Crippen LogP contribution in [0.5, 0.6) is 0 Å². The molecule has 0 fully saturated rings. The average molecular weight is 251 g/mol. The molecule has 0 saturated heterocycles. The second-order valence-corrected chi connectivity index (χ2v) is 5.53. The minimum Gasteiger partial charge on any atom is -0.314 e. The molecule has 18 heavy (non-hydrogen) atoms. The van der Waals surface area contributed by atoms with E-state index in [2.05, 4.69) is 55.9 Å². The van der Waals surface area contributed by atoms with Crippen LogP contribution in [0.15, 0.2) is 6.07 Å². The van der Waals surface area contributed by atoms with E-state index >= 15 is 0 Å². The predicted octanol–water partition coefficient (Wildman–Crippen LogP) is 2.94. The van der Waals surface area contributed by atoms with E-state index in [0.717, 1.165) is 25.3 Å². The minimum atomic E-state index is 0.571. The highest BCUT2D eigenvalue weighted by molar-refractivity contribution is 5.11. The fourth-order valence-electron chi connectivity index (χ4n) is 2.32. The zero-order valence-corrected chi connectivity index (χ0v) is 12.7. The summed E-state index contributed by atoms with van der Waals surface area (Å²) in [5.41, 5.74) is 2.58. The molecule has 0 aliphatic carbocycles. The van der Waals surface area contributed by atoms with Crippen LogP contribution in [0.2, 0.25) is 0 Å². The number of hydrogen-bond donors (Lipinski definition) is 1. The van der Waals surface area contributed by atoms with Crippen LogP contribution in [0.4, 0.5) is 0 Å². The first-order chi connectivity index (χ1) is 8.56. The predicted molar refractivity (Wildman–Crippen MR) is 77.8 cm³/mol. The standard InChI is InChI=1S/C15H29N3/c1-6-8-13(11-16-12(3)4)9-15-10-14(7-2)17-18(15)5/h10,12-13,16H,6-9,11H2,1-5H3. The molecule has 3 nitrogen and oxygen atoms in total. The van der Waals surface area contributed by atoms with Crippen molar-refractivity contribution in [1.82, 2.24) is 15.1 Å². The van der Waals surface area contributed by atoms with Crippen LogP contribution in [-0.2, 0) is 19.9 Å².